The number of furan rings is 1. The molecule has 0 aliphatic rings. The highest BCUT2D eigenvalue weighted by atomic mass is 19.1. The molecule has 3 rings (SSSR count). The number of nitrogens with zero attached hydrogens (tertiary/aromatic N) is 2. The van der Waals surface area contributed by atoms with E-state index in [-0.39, 0.29) is 5.82 Å². The van der Waals surface area contributed by atoms with Gasteiger partial charge in [0.1, 0.15) is 17.1 Å². The molecule has 1 aromatic carbocycles. The van der Waals surface area contributed by atoms with Crippen LogP contribution >= 0.6 is 0 Å². The van der Waals surface area contributed by atoms with Gasteiger partial charge in [0.15, 0.2) is 5.76 Å². The zero-order valence-electron chi connectivity index (χ0n) is 9.64. The maximum atomic E-state index is 13.1. The van der Waals surface area contributed by atoms with Crippen LogP contribution in [-0.2, 0) is 0 Å². The predicted molar refractivity (Wildman–Crippen MR) is 66.7 cm³/mol. The van der Waals surface area contributed by atoms with Crippen molar-refractivity contribution in [3.8, 4) is 11.5 Å². The number of hydrogen-bond acceptors (Lipinski definition) is 4. The third-order valence-corrected chi connectivity index (χ3v) is 2.61. The van der Waals surface area contributed by atoms with Crippen LogP contribution in [-0.4, -0.2) is 17.0 Å². The molecule has 2 aromatic heterocycles. The van der Waals surface area contributed by atoms with Crippen LogP contribution in [0.4, 0.5) is 10.3 Å². The van der Waals surface area contributed by atoms with E-state index in [0.717, 1.165) is 5.39 Å². The normalized spacial score (nSPS) is 10.8. The predicted octanol–water partition coefficient (Wildman–Crippen LogP) is 3.07. The lowest BCUT2D eigenvalue weighted by molar-refractivity contribution is 0.617. The van der Waals surface area contributed by atoms with E-state index >= 15 is 0 Å². The molecular weight excluding hydrogens is 233 g/mol. The Morgan fingerprint density at radius 1 is 1.22 bits per heavy atom. The second kappa shape index (κ2) is 4.10. The summed E-state index contributed by atoms with van der Waals surface area (Å²) in [5.74, 6) is 0.821. The standard InChI is InChI=1S/C13H10FN3O/c1-15-13-16-5-4-10(17-13)12-7-8-6-9(14)2-3-11(8)18-12/h2-7H,1H3,(H,15,16,17). The molecule has 0 aliphatic heterocycles. The minimum atomic E-state index is -0.284. The van der Waals surface area contributed by atoms with Crippen molar-refractivity contribution in [3.63, 3.8) is 0 Å². The number of anilines is 1. The van der Waals surface area contributed by atoms with Gasteiger partial charge in [-0.05, 0) is 30.3 Å². The van der Waals surface area contributed by atoms with Gasteiger partial charge in [-0.2, -0.15) is 0 Å². The SMILES string of the molecule is CNc1nccc(-c2cc3cc(F)ccc3o2)n1. The summed E-state index contributed by atoms with van der Waals surface area (Å²) >= 11 is 0. The summed E-state index contributed by atoms with van der Waals surface area (Å²) in [6, 6.07) is 7.92. The van der Waals surface area contributed by atoms with Crippen LogP contribution in [0.15, 0.2) is 40.9 Å². The Kier molecular flexibility index (Phi) is 2.44. The molecule has 0 unspecified atom stereocenters. The van der Waals surface area contributed by atoms with Crippen molar-refractivity contribution in [2.45, 2.75) is 0 Å². The van der Waals surface area contributed by atoms with E-state index in [0.29, 0.717) is 23.0 Å². The first-order chi connectivity index (χ1) is 8.76. The van der Waals surface area contributed by atoms with Gasteiger partial charge in [0, 0.05) is 18.6 Å². The van der Waals surface area contributed by atoms with Crippen molar-refractivity contribution < 1.29 is 8.81 Å². The zero-order valence-corrected chi connectivity index (χ0v) is 9.64. The molecular formula is C13H10FN3O. The van der Waals surface area contributed by atoms with Gasteiger partial charge < -0.3 is 9.73 Å². The molecule has 0 saturated heterocycles. The average Bonchev–Trinajstić information content (AvgIpc) is 2.81. The Hall–Kier alpha value is -2.43. The van der Waals surface area contributed by atoms with Crippen molar-refractivity contribution in [1.29, 1.82) is 0 Å². The van der Waals surface area contributed by atoms with Gasteiger partial charge in [-0.15, -0.1) is 0 Å². The van der Waals surface area contributed by atoms with Gasteiger partial charge in [0.2, 0.25) is 5.95 Å². The molecule has 1 N–H and O–H groups in total. The molecule has 0 spiro atoms. The van der Waals surface area contributed by atoms with Gasteiger partial charge in [-0.3, -0.25) is 0 Å². The van der Waals surface area contributed by atoms with Gasteiger partial charge >= 0.3 is 0 Å². The third-order valence-electron chi connectivity index (χ3n) is 2.61. The lowest BCUT2D eigenvalue weighted by Gasteiger charge is -1.99. The van der Waals surface area contributed by atoms with Crippen LogP contribution in [0.1, 0.15) is 0 Å². The Balaban J connectivity index is 2.13. The van der Waals surface area contributed by atoms with Crippen molar-refractivity contribution in [2.24, 2.45) is 0 Å². The van der Waals surface area contributed by atoms with E-state index in [1.54, 1.807) is 31.4 Å². The van der Waals surface area contributed by atoms with Gasteiger partial charge in [0.05, 0.1) is 0 Å². The number of rotatable bonds is 2. The fraction of sp³-hybridized carbons (Fsp3) is 0.0769. The number of benzene rings is 1. The molecule has 0 aliphatic carbocycles. The highest BCUT2D eigenvalue weighted by Gasteiger charge is 2.08. The van der Waals surface area contributed by atoms with Crippen LogP contribution in [0.25, 0.3) is 22.4 Å². The summed E-state index contributed by atoms with van der Waals surface area (Å²) in [6.07, 6.45) is 1.64. The fourth-order valence-corrected chi connectivity index (χ4v) is 1.76. The van der Waals surface area contributed by atoms with Crippen LogP contribution in [0.5, 0.6) is 0 Å². The van der Waals surface area contributed by atoms with Gasteiger partial charge in [-0.25, -0.2) is 14.4 Å². The highest BCUT2D eigenvalue weighted by Crippen LogP contribution is 2.27. The van der Waals surface area contributed by atoms with Crippen molar-refractivity contribution in [1.82, 2.24) is 9.97 Å². The first-order valence-electron chi connectivity index (χ1n) is 5.46. The lowest BCUT2D eigenvalue weighted by atomic mass is 10.2. The Labute approximate surface area is 102 Å². The van der Waals surface area contributed by atoms with Crippen LogP contribution in [0.3, 0.4) is 0 Å². The molecule has 0 amide bonds. The molecule has 0 radical (unpaired) electrons. The Bertz CT molecular complexity index is 708. The number of fused-ring (bicyclic) bond motifs is 1. The van der Waals surface area contributed by atoms with Gasteiger partial charge in [0.25, 0.3) is 0 Å². The summed E-state index contributed by atoms with van der Waals surface area (Å²) in [7, 11) is 1.74. The summed E-state index contributed by atoms with van der Waals surface area (Å²) < 4.78 is 18.7. The maximum absolute atomic E-state index is 13.1. The molecule has 2 heterocycles. The highest BCUT2D eigenvalue weighted by molar-refractivity contribution is 5.82. The molecule has 3 aromatic rings. The fourth-order valence-electron chi connectivity index (χ4n) is 1.76. The second-order valence-electron chi connectivity index (χ2n) is 3.81. The van der Waals surface area contributed by atoms with Crippen LogP contribution in [0.2, 0.25) is 0 Å². The summed E-state index contributed by atoms with van der Waals surface area (Å²) in [4.78, 5) is 8.30. The number of nitrogens with one attached hydrogen (secondary N) is 1. The first-order valence-corrected chi connectivity index (χ1v) is 5.46. The maximum Gasteiger partial charge on any atom is 0.223 e. The second-order valence-corrected chi connectivity index (χ2v) is 3.81. The van der Waals surface area contributed by atoms with E-state index < -0.39 is 0 Å². The number of halogens is 1. The molecule has 0 atom stereocenters. The van der Waals surface area contributed by atoms with Crippen molar-refractivity contribution in [3.05, 3.63) is 42.3 Å². The van der Waals surface area contributed by atoms with Crippen molar-refractivity contribution >= 4 is 16.9 Å². The molecule has 90 valence electrons. The summed E-state index contributed by atoms with van der Waals surface area (Å²) in [6.45, 7) is 0. The summed E-state index contributed by atoms with van der Waals surface area (Å²) in [5.41, 5.74) is 1.29. The minimum Gasteiger partial charge on any atom is -0.454 e. The van der Waals surface area contributed by atoms with E-state index in [9.17, 15) is 4.39 Å². The quantitative estimate of drug-likeness (QED) is 0.751. The monoisotopic (exact) mass is 243 g/mol. The number of hydrogen-bond donors (Lipinski definition) is 1. The minimum absolute atomic E-state index is 0.284. The van der Waals surface area contributed by atoms with Crippen LogP contribution < -0.4 is 5.32 Å². The average molecular weight is 243 g/mol. The molecule has 0 fully saturated rings. The van der Waals surface area contributed by atoms with Gasteiger partial charge in [-0.1, -0.05) is 0 Å². The molecule has 4 nitrogen and oxygen atoms in total. The van der Waals surface area contributed by atoms with E-state index in [1.165, 1.54) is 12.1 Å². The van der Waals surface area contributed by atoms with Crippen LogP contribution in [0, 0.1) is 5.82 Å². The van der Waals surface area contributed by atoms with E-state index in [2.05, 4.69) is 15.3 Å². The largest absolute Gasteiger partial charge is 0.454 e. The molecule has 18 heavy (non-hydrogen) atoms. The lowest BCUT2D eigenvalue weighted by Crippen LogP contribution is -1.95. The Morgan fingerprint density at radius 3 is 2.94 bits per heavy atom. The topological polar surface area (TPSA) is 51.0 Å². The van der Waals surface area contributed by atoms with E-state index in [4.69, 9.17) is 4.42 Å². The Morgan fingerprint density at radius 2 is 2.11 bits per heavy atom. The number of aromatic nitrogens is 2. The molecule has 0 saturated carbocycles. The summed E-state index contributed by atoms with van der Waals surface area (Å²) in [5, 5.41) is 3.57. The third kappa shape index (κ3) is 1.79. The van der Waals surface area contributed by atoms with Crippen molar-refractivity contribution in [2.75, 3.05) is 12.4 Å². The van der Waals surface area contributed by atoms with E-state index in [1.807, 2.05) is 0 Å². The molecule has 0 bridgehead atoms. The zero-order chi connectivity index (χ0) is 12.5. The first kappa shape index (κ1) is 10.7. The smallest absolute Gasteiger partial charge is 0.223 e. The molecule has 5 heteroatoms.